The normalized spacial score (nSPS) is 17.0. The molecule has 5 rings (SSSR count). The Morgan fingerprint density at radius 3 is 2.96 bits per heavy atom. The summed E-state index contributed by atoms with van der Waals surface area (Å²) in [7, 11) is 0. The molecule has 1 saturated carbocycles. The molecule has 4 aromatic heterocycles. The molecule has 2 N–H and O–H groups in total. The molecule has 1 fully saturated rings. The second kappa shape index (κ2) is 5.19. The van der Waals surface area contributed by atoms with Crippen molar-refractivity contribution in [2.24, 2.45) is 0 Å². The van der Waals surface area contributed by atoms with Crippen LogP contribution in [0.2, 0.25) is 0 Å². The summed E-state index contributed by atoms with van der Waals surface area (Å²) >= 11 is 1.68. The Hall–Kier alpha value is -2.61. The Labute approximate surface area is 145 Å². The number of aromatic amines is 1. The number of alkyl halides is 2. The lowest BCUT2D eigenvalue weighted by Gasteiger charge is -2.35. The number of H-pyrrole nitrogens is 1. The van der Waals surface area contributed by atoms with E-state index in [9.17, 15) is 8.78 Å². The molecule has 0 aromatic carbocycles. The number of hydrogen-bond acceptors (Lipinski definition) is 5. The molecule has 0 spiro atoms. The van der Waals surface area contributed by atoms with Gasteiger partial charge in [0.2, 0.25) is 5.95 Å². The first-order valence-electron chi connectivity index (χ1n) is 7.90. The van der Waals surface area contributed by atoms with E-state index in [0.29, 0.717) is 11.6 Å². The van der Waals surface area contributed by atoms with E-state index in [1.807, 2.05) is 18.5 Å². The maximum Gasteiger partial charge on any atom is 0.252 e. The van der Waals surface area contributed by atoms with Crippen molar-refractivity contribution < 1.29 is 8.78 Å². The van der Waals surface area contributed by atoms with Gasteiger partial charge in [-0.15, -0.1) is 11.3 Å². The maximum atomic E-state index is 12.9. The van der Waals surface area contributed by atoms with E-state index in [-0.39, 0.29) is 18.9 Å². The van der Waals surface area contributed by atoms with Crippen LogP contribution in [-0.4, -0.2) is 31.9 Å². The molecular formula is C17H13F2N5S. The Morgan fingerprint density at radius 1 is 1.28 bits per heavy atom. The first-order chi connectivity index (χ1) is 12.1. The quantitative estimate of drug-likeness (QED) is 0.569. The summed E-state index contributed by atoms with van der Waals surface area (Å²) < 4.78 is 27.0. The Bertz CT molecular complexity index is 1050. The summed E-state index contributed by atoms with van der Waals surface area (Å²) in [6.07, 6.45) is 6.93. The lowest BCUT2D eigenvalue weighted by Crippen LogP contribution is -2.44. The number of nitrogens with zero attached hydrogens (tertiary/aromatic N) is 3. The standard InChI is InChI=1S/C17H13F2N5S/c18-17(19)4-10(5-17)23-16-22-8-12-11(7-21-15(12)24-16)14-3-9-6-20-2-1-13(9)25-14/h1-3,6-8,10H,4-5H2,(H2,21,22,23,24). The first-order valence-corrected chi connectivity index (χ1v) is 8.71. The molecule has 1 aliphatic rings. The van der Waals surface area contributed by atoms with E-state index in [0.717, 1.165) is 21.2 Å². The molecule has 5 nitrogen and oxygen atoms in total. The van der Waals surface area contributed by atoms with Gasteiger partial charge in [-0.1, -0.05) is 0 Å². The van der Waals surface area contributed by atoms with Gasteiger partial charge in [-0.25, -0.2) is 13.8 Å². The van der Waals surface area contributed by atoms with Crippen LogP contribution in [0.4, 0.5) is 14.7 Å². The van der Waals surface area contributed by atoms with E-state index >= 15 is 0 Å². The number of fused-ring (bicyclic) bond motifs is 2. The highest BCUT2D eigenvalue weighted by Crippen LogP contribution is 2.39. The predicted molar refractivity (Wildman–Crippen MR) is 94.1 cm³/mol. The number of rotatable bonds is 3. The fourth-order valence-electron chi connectivity index (χ4n) is 3.14. The summed E-state index contributed by atoms with van der Waals surface area (Å²) in [6, 6.07) is 3.82. The highest BCUT2D eigenvalue weighted by Gasteiger charge is 2.45. The molecular weight excluding hydrogens is 344 g/mol. The number of nitrogens with one attached hydrogen (secondary N) is 2. The van der Waals surface area contributed by atoms with Crippen LogP contribution in [0.3, 0.4) is 0 Å². The summed E-state index contributed by atoms with van der Waals surface area (Å²) in [4.78, 5) is 17.1. The van der Waals surface area contributed by atoms with Crippen LogP contribution in [-0.2, 0) is 0 Å². The third-order valence-electron chi connectivity index (χ3n) is 4.44. The van der Waals surface area contributed by atoms with Crippen LogP contribution in [0.5, 0.6) is 0 Å². The van der Waals surface area contributed by atoms with Gasteiger partial charge in [0.25, 0.3) is 5.92 Å². The minimum atomic E-state index is -2.56. The SMILES string of the molecule is FC1(F)CC(Nc2ncc3c(-c4cc5cnccc5s4)c[nH]c3n2)C1. The zero-order valence-electron chi connectivity index (χ0n) is 13.0. The van der Waals surface area contributed by atoms with Gasteiger partial charge in [-0.3, -0.25) is 4.98 Å². The fourth-order valence-corrected chi connectivity index (χ4v) is 4.20. The van der Waals surface area contributed by atoms with Crippen LogP contribution in [0.25, 0.3) is 31.6 Å². The molecule has 0 radical (unpaired) electrons. The zero-order chi connectivity index (χ0) is 17.0. The lowest BCUT2D eigenvalue weighted by molar-refractivity contribution is -0.0794. The van der Waals surface area contributed by atoms with E-state index in [1.165, 1.54) is 4.70 Å². The molecule has 8 heteroatoms. The number of thiophene rings is 1. The average molecular weight is 357 g/mol. The summed E-state index contributed by atoms with van der Waals surface area (Å²) in [5.41, 5.74) is 1.71. The van der Waals surface area contributed by atoms with Crippen molar-refractivity contribution in [2.45, 2.75) is 24.8 Å². The molecule has 1 aliphatic carbocycles. The smallest absolute Gasteiger partial charge is 0.252 e. The second-order valence-electron chi connectivity index (χ2n) is 6.29. The third-order valence-corrected chi connectivity index (χ3v) is 5.59. The van der Waals surface area contributed by atoms with Crippen molar-refractivity contribution in [3.8, 4) is 10.4 Å². The van der Waals surface area contributed by atoms with Crippen molar-refractivity contribution in [1.29, 1.82) is 0 Å². The van der Waals surface area contributed by atoms with Crippen LogP contribution in [0.1, 0.15) is 12.8 Å². The largest absolute Gasteiger partial charge is 0.351 e. The number of hydrogen-bond donors (Lipinski definition) is 2. The van der Waals surface area contributed by atoms with E-state index in [1.54, 1.807) is 23.7 Å². The molecule has 0 saturated heterocycles. The van der Waals surface area contributed by atoms with Gasteiger partial charge < -0.3 is 10.3 Å². The van der Waals surface area contributed by atoms with Crippen LogP contribution in [0, 0.1) is 0 Å². The van der Waals surface area contributed by atoms with Gasteiger partial charge in [0.05, 0.1) is 0 Å². The lowest BCUT2D eigenvalue weighted by atomic mass is 9.88. The number of anilines is 1. The van der Waals surface area contributed by atoms with Gasteiger partial charge in [-0.2, -0.15) is 4.98 Å². The van der Waals surface area contributed by atoms with Gasteiger partial charge >= 0.3 is 0 Å². The molecule has 0 atom stereocenters. The van der Waals surface area contributed by atoms with Crippen molar-refractivity contribution in [3.05, 3.63) is 36.9 Å². The van der Waals surface area contributed by atoms with Crippen LogP contribution < -0.4 is 5.32 Å². The summed E-state index contributed by atoms with van der Waals surface area (Å²) in [5.74, 6) is -2.18. The highest BCUT2D eigenvalue weighted by atomic mass is 32.1. The molecule has 25 heavy (non-hydrogen) atoms. The Morgan fingerprint density at radius 2 is 2.16 bits per heavy atom. The van der Waals surface area contributed by atoms with E-state index in [2.05, 4.69) is 31.3 Å². The zero-order valence-corrected chi connectivity index (χ0v) is 13.8. The molecule has 0 bridgehead atoms. The molecule has 4 aromatic rings. The molecule has 0 aliphatic heterocycles. The number of aromatic nitrogens is 4. The highest BCUT2D eigenvalue weighted by molar-refractivity contribution is 7.22. The van der Waals surface area contributed by atoms with Gasteiger partial charge in [0.15, 0.2) is 0 Å². The molecule has 0 amide bonds. The molecule has 126 valence electrons. The van der Waals surface area contributed by atoms with Crippen molar-refractivity contribution >= 4 is 38.4 Å². The summed E-state index contributed by atoms with van der Waals surface area (Å²) in [6.45, 7) is 0. The van der Waals surface area contributed by atoms with Crippen LogP contribution >= 0.6 is 11.3 Å². The number of pyridine rings is 1. The average Bonchev–Trinajstić information content (AvgIpc) is 3.16. The predicted octanol–water partition coefficient (Wildman–Crippen LogP) is 4.44. The Balaban J connectivity index is 1.47. The monoisotopic (exact) mass is 357 g/mol. The first kappa shape index (κ1) is 14.7. The van der Waals surface area contributed by atoms with Crippen molar-refractivity contribution in [3.63, 3.8) is 0 Å². The summed E-state index contributed by atoms with van der Waals surface area (Å²) in [5, 5.41) is 4.97. The van der Waals surface area contributed by atoms with Gasteiger partial charge in [-0.05, 0) is 12.1 Å². The maximum absolute atomic E-state index is 12.9. The van der Waals surface area contributed by atoms with Gasteiger partial charge in [0.1, 0.15) is 5.65 Å². The van der Waals surface area contributed by atoms with E-state index in [4.69, 9.17) is 0 Å². The topological polar surface area (TPSA) is 66.5 Å². The molecule has 4 heterocycles. The molecule has 0 unspecified atom stereocenters. The number of halogens is 2. The Kier molecular flexibility index (Phi) is 3.05. The minimum absolute atomic E-state index is 0.166. The van der Waals surface area contributed by atoms with Crippen molar-refractivity contribution in [1.82, 2.24) is 19.9 Å². The van der Waals surface area contributed by atoms with Crippen molar-refractivity contribution in [2.75, 3.05) is 5.32 Å². The van der Waals surface area contributed by atoms with Gasteiger partial charge in [0, 0.05) is 69.6 Å². The van der Waals surface area contributed by atoms with E-state index < -0.39 is 5.92 Å². The third kappa shape index (κ3) is 2.53. The minimum Gasteiger partial charge on any atom is -0.351 e. The second-order valence-corrected chi connectivity index (χ2v) is 7.37. The van der Waals surface area contributed by atoms with Crippen LogP contribution in [0.15, 0.2) is 36.9 Å². The fraction of sp³-hybridized carbons (Fsp3) is 0.235.